The van der Waals surface area contributed by atoms with Crippen molar-refractivity contribution in [3.8, 4) is 0 Å². The molecule has 7 N–H and O–H groups in total. The minimum atomic E-state index is -3.23. The number of esters is 1. The highest BCUT2D eigenvalue weighted by molar-refractivity contribution is 7.57. The molecule has 11 heteroatoms. The highest BCUT2D eigenvalue weighted by Crippen LogP contribution is 2.35. The first kappa shape index (κ1) is 21.3. The lowest BCUT2D eigenvalue weighted by molar-refractivity contribution is -0.140. The molecule has 0 radical (unpaired) electrons. The third kappa shape index (κ3) is 15.0. The van der Waals surface area contributed by atoms with Crippen LogP contribution in [0.25, 0.3) is 0 Å². The Morgan fingerprint density at radius 3 is 2.00 bits per heavy atom. The van der Waals surface area contributed by atoms with Crippen LogP contribution in [0.5, 0.6) is 0 Å². The third-order valence-electron chi connectivity index (χ3n) is 1.77. The van der Waals surface area contributed by atoms with Gasteiger partial charge in [0.15, 0.2) is 7.37 Å². The molecular weight excluding hydrogens is 297 g/mol. The molecule has 0 aliphatic rings. The summed E-state index contributed by atoms with van der Waals surface area (Å²) in [6.45, 7) is 0.398. The van der Waals surface area contributed by atoms with E-state index in [1.165, 1.54) is 0 Å². The van der Waals surface area contributed by atoms with Crippen molar-refractivity contribution in [1.82, 2.24) is 0 Å². The van der Waals surface area contributed by atoms with Gasteiger partial charge in [-0.1, -0.05) is 0 Å². The van der Waals surface area contributed by atoms with Crippen LogP contribution in [0.1, 0.15) is 6.42 Å². The molecule has 0 saturated carbocycles. The summed E-state index contributed by atoms with van der Waals surface area (Å²) in [5.41, 5.74) is 5.20. The fraction of sp³-hybridized carbons (Fsp3) is 0.778. The molecular formula is C9H20NO9P. The highest BCUT2D eigenvalue weighted by Gasteiger charge is 2.21. The van der Waals surface area contributed by atoms with Crippen LogP contribution in [0, 0.1) is 0 Å². The van der Waals surface area contributed by atoms with Crippen molar-refractivity contribution in [2.45, 2.75) is 18.6 Å². The van der Waals surface area contributed by atoms with Gasteiger partial charge in [0.1, 0.15) is 12.1 Å². The number of aliphatic hydroxyl groups excluding tert-OH is 3. The smallest absolute Gasteiger partial charge is 0.449 e. The molecule has 120 valence electrons. The van der Waals surface area contributed by atoms with E-state index in [1.54, 1.807) is 0 Å². The van der Waals surface area contributed by atoms with Gasteiger partial charge in [-0.25, -0.2) is 9.59 Å². The van der Waals surface area contributed by atoms with Crippen LogP contribution in [0.4, 0.5) is 4.79 Å². The summed E-state index contributed by atoms with van der Waals surface area (Å²) in [5, 5.41) is 32.1. The number of rotatable bonds is 6. The average molecular weight is 317 g/mol. The molecule has 0 bridgehead atoms. The molecule has 0 aromatic rings. The molecule has 0 aromatic heterocycles. The van der Waals surface area contributed by atoms with Crippen molar-refractivity contribution in [3.05, 3.63) is 0 Å². The summed E-state index contributed by atoms with van der Waals surface area (Å²) in [7, 11) is -3.23. The second kappa shape index (κ2) is 10.7. The predicted molar refractivity (Wildman–Crippen MR) is 67.5 cm³/mol. The summed E-state index contributed by atoms with van der Waals surface area (Å²) >= 11 is 0. The summed E-state index contributed by atoms with van der Waals surface area (Å²) in [4.78, 5) is 29.5. The molecule has 0 amide bonds. The van der Waals surface area contributed by atoms with Gasteiger partial charge >= 0.3 is 12.1 Å². The van der Waals surface area contributed by atoms with E-state index in [9.17, 15) is 14.2 Å². The number of carbonyl (C=O) groups is 2. The van der Waals surface area contributed by atoms with Crippen LogP contribution in [0.2, 0.25) is 0 Å². The molecule has 0 heterocycles. The van der Waals surface area contributed by atoms with Crippen molar-refractivity contribution in [2.24, 2.45) is 5.73 Å². The Hall–Kier alpha value is -1.03. The van der Waals surface area contributed by atoms with Gasteiger partial charge in [0.25, 0.3) is 0 Å². The third-order valence-corrected chi connectivity index (χ3v) is 2.86. The molecule has 0 aliphatic carbocycles. The summed E-state index contributed by atoms with van der Waals surface area (Å²) in [6, 6.07) is -1.19. The lowest BCUT2D eigenvalue weighted by Gasteiger charge is -2.09. The maximum atomic E-state index is 10.8. The zero-order valence-electron chi connectivity index (χ0n) is 10.9. The van der Waals surface area contributed by atoms with Crippen molar-refractivity contribution in [1.29, 1.82) is 0 Å². The summed E-state index contributed by atoms with van der Waals surface area (Å²) in [5.74, 6) is -1.12. The molecule has 0 aliphatic heterocycles. The zero-order valence-corrected chi connectivity index (χ0v) is 11.8. The van der Waals surface area contributed by atoms with Crippen LogP contribution in [0.3, 0.4) is 0 Å². The normalized spacial score (nSPS) is 14.8. The lowest BCUT2D eigenvalue weighted by atomic mass is 10.2. The molecule has 20 heavy (non-hydrogen) atoms. The van der Waals surface area contributed by atoms with Crippen LogP contribution < -0.4 is 5.73 Å². The molecule has 0 spiro atoms. The van der Waals surface area contributed by atoms with Crippen LogP contribution in [0.15, 0.2) is 0 Å². The number of carbonyl (C=O) groups excluding carboxylic acids is 1. The topological polar surface area (TPSA) is 188 Å². The Balaban J connectivity index is 0. The Morgan fingerprint density at radius 1 is 1.30 bits per heavy atom. The molecule has 10 nitrogen and oxygen atoms in total. The predicted octanol–water partition coefficient (Wildman–Crippen LogP) is -1.84. The standard InChI is InChI=1S/C6H12NO6P.C3H8O3/c1-14(11,12)3-2-4(7)5(8)13-6(9)10;4-1-3(6)2-5/h4H,2-3,7H2,1H3,(H,9,10)(H,11,12);3-6H,1-2H2. The second-order valence-corrected chi connectivity index (χ2v) is 6.42. The van der Waals surface area contributed by atoms with E-state index in [0.717, 1.165) is 6.66 Å². The Bertz CT molecular complexity index is 338. The first-order chi connectivity index (χ1) is 9.03. The largest absolute Gasteiger partial charge is 0.513 e. The SMILES string of the molecule is CP(=O)(O)CCC(N)C(=O)OC(=O)O.OCC(O)CO. The Kier molecular flexibility index (Phi) is 11.4. The maximum Gasteiger partial charge on any atom is 0.513 e. The van der Waals surface area contributed by atoms with E-state index in [1.807, 2.05) is 0 Å². The first-order valence-electron chi connectivity index (χ1n) is 5.42. The van der Waals surface area contributed by atoms with Crippen molar-refractivity contribution in [2.75, 3.05) is 26.0 Å². The van der Waals surface area contributed by atoms with E-state index >= 15 is 0 Å². The molecule has 0 rings (SSSR count). The zero-order chi connectivity index (χ0) is 16.3. The first-order valence-corrected chi connectivity index (χ1v) is 7.72. The summed E-state index contributed by atoms with van der Waals surface area (Å²) in [6.07, 6.45) is -2.93. The van der Waals surface area contributed by atoms with Gasteiger partial charge in [-0.05, 0) is 6.42 Å². The maximum absolute atomic E-state index is 10.8. The Morgan fingerprint density at radius 2 is 1.75 bits per heavy atom. The van der Waals surface area contributed by atoms with Crippen LogP contribution in [-0.4, -0.2) is 75.6 Å². The Labute approximate surface area is 115 Å². The number of ether oxygens (including phenoxy) is 1. The number of hydrogen-bond acceptors (Lipinski definition) is 8. The minimum absolute atomic E-state index is 0.0869. The molecule has 0 fully saturated rings. The van der Waals surface area contributed by atoms with Crippen molar-refractivity contribution < 1.29 is 44.2 Å². The number of hydrogen-bond donors (Lipinski definition) is 6. The second-order valence-electron chi connectivity index (χ2n) is 3.88. The van der Waals surface area contributed by atoms with E-state index < -0.39 is 31.6 Å². The fourth-order valence-electron chi connectivity index (χ4n) is 0.716. The molecule has 2 unspecified atom stereocenters. The summed E-state index contributed by atoms with van der Waals surface area (Å²) < 4.78 is 14.6. The van der Waals surface area contributed by atoms with E-state index in [2.05, 4.69) is 4.74 Å². The fourth-order valence-corrected chi connectivity index (χ4v) is 1.47. The number of aliphatic hydroxyl groups is 3. The molecule has 2 atom stereocenters. The lowest BCUT2D eigenvalue weighted by Crippen LogP contribution is -2.34. The van der Waals surface area contributed by atoms with Gasteiger partial charge < -0.3 is 35.8 Å². The van der Waals surface area contributed by atoms with Gasteiger partial charge in [-0.15, -0.1) is 0 Å². The quantitative estimate of drug-likeness (QED) is 0.184. The number of carboxylic acid groups (broad SMARTS) is 1. The van der Waals surface area contributed by atoms with E-state index in [0.29, 0.717) is 0 Å². The number of nitrogens with two attached hydrogens (primary N) is 1. The van der Waals surface area contributed by atoms with Gasteiger partial charge in [0, 0.05) is 12.8 Å². The van der Waals surface area contributed by atoms with Gasteiger partial charge in [0.05, 0.1) is 13.2 Å². The van der Waals surface area contributed by atoms with Crippen LogP contribution >= 0.6 is 7.37 Å². The van der Waals surface area contributed by atoms with Gasteiger partial charge in [-0.3, -0.25) is 4.57 Å². The average Bonchev–Trinajstić information content (AvgIpc) is 2.33. The molecule has 0 aromatic carbocycles. The van der Waals surface area contributed by atoms with E-state index in [-0.39, 0.29) is 25.8 Å². The van der Waals surface area contributed by atoms with Crippen molar-refractivity contribution >= 4 is 19.5 Å². The van der Waals surface area contributed by atoms with E-state index in [4.69, 9.17) is 31.1 Å². The monoisotopic (exact) mass is 317 g/mol. The van der Waals surface area contributed by atoms with Gasteiger partial charge in [0.2, 0.25) is 0 Å². The van der Waals surface area contributed by atoms with Crippen molar-refractivity contribution in [3.63, 3.8) is 0 Å². The van der Waals surface area contributed by atoms with Crippen LogP contribution in [-0.2, 0) is 14.1 Å². The molecule has 0 saturated heterocycles. The van der Waals surface area contributed by atoms with Gasteiger partial charge in [-0.2, -0.15) is 0 Å². The highest BCUT2D eigenvalue weighted by atomic mass is 31.2. The minimum Gasteiger partial charge on any atom is -0.449 e.